The quantitative estimate of drug-likeness (QED) is 0.414. The molecule has 1 aliphatic heterocycles. The maximum Gasteiger partial charge on any atom is 0.319 e. The summed E-state index contributed by atoms with van der Waals surface area (Å²) in [6.45, 7) is 3.93. The normalized spacial score (nSPS) is 20.7. The fourth-order valence-corrected chi connectivity index (χ4v) is 5.93. The monoisotopic (exact) mass is 520 g/mol. The lowest BCUT2D eigenvalue weighted by Gasteiger charge is -2.31. The Kier molecular flexibility index (Phi) is 6.73. The first-order valence-corrected chi connectivity index (χ1v) is 13.0. The minimum Gasteiger partial charge on any atom is -0.461 e. The van der Waals surface area contributed by atoms with Gasteiger partial charge in [-0.1, -0.05) is 26.0 Å². The highest BCUT2D eigenvalue weighted by atomic mass is 19.1. The van der Waals surface area contributed by atoms with Gasteiger partial charge in [-0.15, -0.1) is 0 Å². The van der Waals surface area contributed by atoms with Crippen LogP contribution in [0.3, 0.4) is 0 Å². The molecular formula is C29H33FN4O4. The third-order valence-corrected chi connectivity index (χ3v) is 7.64. The Balaban J connectivity index is 1.54. The van der Waals surface area contributed by atoms with Gasteiger partial charge in [-0.25, -0.2) is 4.39 Å². The summed E-state index contributed by atoms with van der Waals surface area (Å²) in [5.41, 5.74) is 14.4. The largest absolute Gasteiger partial charge is 0.461 e. The molecule has 2 aliphatic rings. The van der Waals surface area contributed by atoms with Crippen LogP contribution in [0.1, 0.15) is 66.8 Å². The second-order valence-corrected chi connectivity index (χ2v) is 11.1. The van der Waals surface area contributed by atoms with E-state index >= 15 is 4.39 Å². The highest BCUT2D eigenvalue weighted by Crippen LogP contribution is 2.44. The zero-order valence-electron chi connectivity index (χ0n) is 21.7. The number of nitrogens with two attached hydrogens (primary N) is 2. The number of amides is 1. The number of rotatable bonds is 6. The number of carbonyl (C=O) groups is 3. The molecule has 1 saturated carbocycles. The molecule has 38 heavy (non-hydrogen) atoms. The van der Waals surface area contributed by atoms with E-state index in [2.05, 4.69) is 5.32 Å². The zero-order valence-corrected chi connectivity index (χ0v) is 21.7. The number of primary amides is 1. The molecule has 0 atom stereocenters. The van der Waals surface area contributed by atoms with Crippen LogP contribution in [0.4, 0.5) is 10.1 Å². The molecule has 2 heterocycles. The van der Waals surface area contributed by atoms with E-state index in [1.54, 1.807) is 28.8 Å². The number of aromatic nitrogens is 1. The first-order valence-electron chi connectivity index (χ1n) is 13.0. The predicted octanol–water partition coefficient (Wildman–Crippen LogP) is 4.38. The van der Waals surface area contributed by atoms with E-state index in [1.165, 1.54) is 6.07 Å². The summed E-state index contributed by atoms with van der Waals surface area (Å²) in [5.74, 6) is -1.45. The molecule has 0 spiro atoms. The van der Waals surface area contributed by atoms with Crippen molar-refractivity contribution in [3.63, 3.8) is 0 Å². The third kappa shape index (κ3) is 4.78. The van der Waals surface area contributed by atoms with Crippen molar-refractivity contribution in [1.29, 1.82) is 0 Å². The predicted molar refractivity (Wildman–Crippen MR) is 143 cm³/mol. The molecule has 0 radical (unpaired) electrons. The molecule has 5 rings (SSSR count). The van der Waals surface area contributed by atoms with Gasteiger partial charge in [-0.05, 0) is 67.3 Å². The number of halogens is 1. The number of ether oxygens (including phenoxy) is 1. The second kappa shape index (κ2) is 9.87. The number of nitrogens with zero attached hydrogens (tertiary/aromatic N) is 1. The van der Waals surface area contributed by atoms with Gasteiger partial charge in [0.25, 0.3) is 5.91 Å². The highest BCUT2D eigenvalue weighted by Gasteiger charge is 2.36. The molecule has 1 aliphatic carbocycles. The lowest BCUT2D eigenvalue weighted by Crippen LogP contribution is -2.33. The van der Waals surface area contributed by atoms with Gasteiger partial charge in [0, 0.05) is 34.8 Å². The van der Waals surface area contributed by atoms with Crippen LogP contribution in [0.5, 0.6) is 0 Å². The molecular weight excluding hydrogens is 487 g/mol. The summed E-state index contributed by atoms with van der Waals surface area (Å²) in [5, 5.41) is 3.85. The number of benzene rings is 2. The van der Waals surface area contributed by atoms with E-state index in [4.69, 9.17) is 16.2 Å². The van der Waals surface area contributed by atoms with Crippen LogP contribution < -0.4 is 16.8 Å². The zero-order chi connectivity index (χ0) is 27.2. The molecule has 8 nitrogen and oxygen atoms in total. The smallest absolute Gasteiger partial charge is 0.319 e. The summed E-state index contributed by atoms with van der Waals surface area (Å²) >= 11 is 0. The second-order valence-electron chi connectivity index (χ2n) is 11.1. The molecule has 1 amide bonds. The van der Waals surface area contributed by atoms with Crippen LogP contribution in [-0.2, 0) is 16.0 Å². The van der Waals surface area contributed by atoms with Crippen molar-refractivity contribution in [2.75, 3.05) is 11.9 Å². The molecule has 5 N–H and O–H groups in total. The van der Waals surface area contributed by atoms with Crippen molar-refractivity contribution in [3.05, 3.63) is 53.5 Å². The lowest BCUT2D eigenvalue weighted by molar-refractivity contribution is -0.148. The van der Waals surface area contributed by atoms with Gasteiger partial charge in [-0.3, -0.25) is 19.0 Å². The van der Waals surface area contributed by atoms with Crippen molar-refractivity contribution >= 4 is 34.4 Å². The molecule has 9 heteroatoms. The Labute approximate surface area is 220 Å². The van der Waals surface area contributed by atoms with Gasteiger partial charge >= 0.3 is 5.97 Å². The fourth-order valence-electron chi connectivity index (χ4n) is 5.93. The van der Waals surface area contributed by atoms with Crippen molar-refractivity contribution in [3.8, 4) is 11.1 Å². The fraction of sp³-hybridized carbons (Fsp3) is 0.414. The van der Waals surface area contributed by atoms with Crippen LogP contribution in [-0.4, -0.2) is 41.0 Å². The van der Waals surface area contributed by atoms with E-state index in [1.807, 2.05) is 19.9 Å². The highest BCUT2D eigenvalue weighted by molar-refractivity contribution is 6.06. The number of fused-ring (bicyclic) bond motifs is 3. The SMILES string of the molecule is CC1(C)CC(=O)n2c(c(-c3ccc(C(N)=O)c(NC4CCC(OC(=O)CN)CC4)c3)c3c(F)cccc32)C1. The van der Waals surface area contributed by atoms with Crippen LogP contribution >= 0.6 is 0 Å². The number of hydrogen-bond acceptors (Lipinski definition) is 6. The minimum atomic E-state index is -0.573. The maximum atomic E-state index is 15.3. The van der Waals surface area contributed by atoms with Gasteiger partial charge in [0.1, 0.15) is 11.9 Å². The number of esters is 1. The van der Waals surface area contributed by atoms with E-state index in [0.29, 0.717) is 59.0 Å². The molecule has 3 aromatic rings. The number of hydrogen-bond donors (Lipinski definition) is 3. The number of carbonyl (C=O) groups excluding carboxylic acids is 3. The topological polar surface area (TPSA) is 129 Å². The summed E-state index contributed by atoms with van der Waals surface area (Å²) in [4.78, 5) is 37.0. The van der Waals surface area contributed by atoms with Crippen LogP contribution in [0.15, 0.2) is 36.4 Å². The summed E-state index contributed by atoms with van der Waals surface area (Å²) in [6.07, 6.45) is 3.61. The average Bonchev–Trinajstić information content (AvgIpc) is 3.19. The van der Waals surface area contributed by atoms with Gasteiger partial charge < -0.3 is 21.5 Å². The summed E-state index contributed by atoms with van der Waals surface area (Å²) in [7, 11) is 0. The molecule has 200 valence electrons. The number of anilines is 1. The van der Waals surface area contributed by atoms with Crippen molar-refractivity contribution in [1.82, 2.24) is 4.57 Å². The average molecular weight is 521 g/mol. The first kappa shape index (κ1) is 25.9. The Hall–Kier alpha value is -3.72. The minimum absolute atomic E-state index is 0.0353. The standard InChI is InChI=1S/C29H33FN4O4/c1-29(2)13-23-26(27-20(30)4-3-5-22(27)34(23)24(35)14-29)16-6-11-19(28(32)37)21(12-16)33-17-7-9-18(10-8-17)38-25(36)15-31/h3-6,11-12,17-18,33H,7-10,13-15,31H2,1-2H3,(H2,32,37). The van der Waals surface area contributed by atoms with Crippen LogP contribution in [0.2, 0.25) is 0 Å². The molecule has 2 aromatic carbocycles. The van der Waals surface area contributed by atoms with Crippen molar-refractivity contribution in [2.24, 2.45) is 16.9 Å². The summed E-state index contributed by atoms with van der Waals surface area (Å²) < 4.78 is 22.3. The van der Waals surface area contributed by atoms with Gasteiger partial charge in [0.2, 0.25) is 5.91 Å². The Morgan fingerprint density at radius 3 is 2.55 bits per heavy atom. The molecule has 1 fully saturated rings. The van der Waals surface area contributed by atoms with E-state index < -0.39 is 17.7 Å². The van der Waals surface area contributed by atoms with E-state index in [-0.39, 0.29) is 30.0 Å². The Morgan fingerprint density at radius 1 is 1.13 bits per heavy atom. The van der Waals surface area contributed by atoms with Crippen LogP contribution in [0.25, 0.3) is 22.0 Å². The van der Waals surface area contributed by atoms with Gasteiger partial charge in [-0.2, -0.15) is 0 Å². The van der Waals surface area contributed by atoms with Crippen molar-refractivity contribution in [2.45, 2.75) is 64.5 Å². The summed E-state index contributed by atoms with van der Waals surface area (Å²) in [6, 6.07) is 10.1. The Morgan fingerprint density at radius 2 is 1.87 bits per heavy atom. The maximum absolute atomic E-state index is 15.3. The van der Waals surface area contributed by atoms with Gasteiger partial charge in [0.15, 0.2) is 0 Å². The van der Waals surface area contributed by atoms with Crippen LogP contribution in [0, 0.1) is 11.2 Å². The van der Waals surface area contributed by atoms with Crippen molar-refractivity contribution < 1.29 is 23.5 Å². The first-order chi connectivity index (χ1) is 18.1. The molecule has 0 unspecified atom stereocenters. The molecule has 0 bridgehead atoms. The van der Waals surface area contributed by atoms with E-state index in [0.717, 1.165) is 18.5 Å². The Bertz CT molecular complexity index is 1440. The molecule has 0 saturated heterocycles. The molecule has 1 aromatic heterocycles. The van der Waals surface area contributed by atoms with Gasteiger partial charge in [0.05, 0.1) is 17.6 Å². The number of nitrogens with one attached hydrogen (secondary N) is 1. The lowest BCUT2D eigenvalue weighted by atomic mass is 9.80. The third-order valence-electron chi connectivity index (χ3n) is 7.64. The van der Waals surface area contributed by atoms with E-state index in [9.17, 15) is 14.4 Å².